The SMILES string of the molecule is COCCN(C)C(=O)c1ccc(-c2ccc3c(c2)CCC2(CCN(C4CCC4)CC2)O3)cc1F. The van der Waals surface area contributed by atoms with Gasteiger partial charge >= 0.3 is 0 Å². The number of likely N-dealkylation sites (N-methyl/N-ethyl adjacent to an activating group) is 1. The van der Waals surface area contributed by atoms with Crippen molar-refractivity contribution in [1.29, 1.82) is 0 Å². The monoisotopic (exact) mass is 466 g/mol. The molecule has 1 saturated heterocycles. The minimum atomic E-state index is -0.502. The van der Waals surface area contributed by atoms with Crippen LogP contribution < -0.4 is 4.74 Å². The Labute approximate surface area is 201 Å². The fourth-order valence-electron chi connectivity index (χ4n) is 5.50. The first-order chi connectivity index (χ1) is 16.5. The van der Waals surface area contributed by atoms with Gasteiger partial charge in [-0.1, -0.05) is 18.6 Å². The normalized spacial score (nSPS) is 19.9. The number of hydrogen-bond donors (Lipinski definition) is 0. The van der Waals surface area contributed by atoms with Gasteiger partial charge in [-0.25, -0.2) is 4.39 Å². The first-order valence-corrected chi connectivity index (χ1v) is 12.6. The minimum Gasteiger partial charge on any atom is -0.487 e. The maximum absolute atomic E-state index is 14.9. The van der Waals surface area contributed by atoms with Gasteiger partial charge < -0.3 is 19.3 Å². The van der Waals surface area contributed by atoms with Crippen LogP contribution in [0.25, 0.3) is 11.1 Å². The third kappa shape index (κ3) is 4.58. The Hall–Kier alpha value is -2.44. The Kier molecular flexibility index (Phi) is 6.63. The van der Waals surface area contributed by atoms with Crippen LogP contribution in [0.3, 0.4) is 0 Å². The molecule has 6 heteroatoms. The van der Waals surface area contributed by atoms with E-state index in [-0.39, 0.29) is 17.1 Å². The van der Waals surface area contributed by atoms with Crippen LogP contribution in [0.1, 0.15) is 54.4 Å². The molecule has 0 bridgehead atoms. The van der Waals surface area contributed by atoms with Gasteiger partial charge in [0.1, 0.15) is 17.2 Å². The van der Waals surface area contributed by atoms with Crippen molar-refractivity contribution >= 4 is 5.91 Å². The largest absolute Gasteiger partial charge is 0.487 e. The zero-order valence-corrected chi connectivity index (χ0v) is 20.3. The predicted octanol–water partition coefficient (Wildman–Crippen LogP) is 4.92. The van der Waals surface area contributed by atoms with E-state index in [2.05, 4.69) is 11.0 Å². The number of likely N-dealkylation sites (tertiary alicyclic amines) is 1. The van der Waals surface area contributed by atoms with E-state index in [4.69, 9.17) is 9.47 Å². The number of methoxy groups -OCH3 is 1. The molecule has 0 aromatic heterocycles. The molecule has 1 spiro atoms. The zero-order chi connectivity index (χ0) is 23.7. The molecule has 3 aliphatic rings. The fraction of sp³-hybridized carbons (Fsp3) is 0.536. The maximum Gasteiger partial charge on any atom is 0.256 e. The van der Waals surface area contributed by atoms with Crippen LogP contribution in [0.2, 0.25) is 0 Å². The van der Waals surface area contributed by atoms with E-state index in [0.29, 0.717) is 13.2 Å². The van der Waals surface area contributed by atoms with Gasteiger partial charge in [0, 0.05) is 39.8 Å². The molecule has 0 atom stereocenters. The maximum atomic E-state index is 14.9. The van der Waals surface area contributed by atoms with Crippen molar-refractivity contribution in [3.63, 3.8) is 0 Å². The number of amides is 1. The lowest BCUT2D eigenvalue weighted by atomic mass is 9.81. The van der Waals surface area contributed by atoms with Gasteiger partial charge in [0.05, 0.1) is 12.2 Å². The molecule has 182 valence electrons. The quantitative estimate of drug-likeness (QED) is 0.606. The second kappa shape index (κ2) is 9.67. The van der Waals surface area contributed by atoms with Crippen LogP contribution in [-0.2, 0) is 11.2 Å². The minimum absolute atomic E-state index is 0.0300. The fourth-order valence-corrected chi connectivity index (χ4v) is 5.50. The Balaban J connectivity index is 1.27. The average Bonchev–Trinajstić information content (AvgIpc) is 2.82. The van der Waals surface area contributed by atoms with E-state index < -0.39 is 5.82 Å². The summed E-state index contributed by atoms with van der Waals surface area (Å²) in [6.07, 6.45) is 8.33. The summed E-state index contributed by atoms with van der Waals surface area (Å²) in [5.74, 6) is 0.130. The van der Waals surface area contributed by atoms with Gasteiger partial charge in [-0.3, -0.25) is 4.79 Å². The van der Waals surface area contributed by atoms with Crippen molar-refractivity contribution in [2.24, 2.45) is 0 Å². The molecular weight excluding hydrogens is 431 g/mol. The van der Waals surface area contributed by atoms with E-state index in [1.165, 1.54) is 35.8 Å². The van der Waals surface area contributed by atoms with Crippen LogP contribution in [0.15, 0.2) is 36.4 Å². The van der Waals surface area contributed by atoms with Crippen molar-refractivity contribution < 1.29 is 18.7 Å². The molecule has 0 unspecified atom stereocenters. The number of halogens is 1. The Morgan fingerprint density at radius 3 is 2.56 bits per heavy atom. The van der Waals surface area contributed by atoms with E-state index in [1.807, 2.05) is 18.2 Å². The highest BCUT2D eigenvalue weighted by molar-refractivity contribution is 5.94. The molecule has 1 amide bonds. The first-order valence-electron chi connectivity index (χ1n) is 12.6. The number of rotatable bonds is 6. The molecule has 0 N–H and O–H groups in total. The lowest BCUT2D eigenvalue weighted by Gasteiger charge is -2.48. The summed E-state index contributed by atoms with van der Waals surface area (Å²) >= 11 is 0. The second-order valence-electron chi connectivity index (χ2n) is 10.1. The Morgan fingerprint density at radius 2 is 1.88 bits per heavy atom. The van der Waals surface area contributed by atoms with Gasteiger partial charge in [0.15, 0.2) is 0 Å². The lowest BCUT2D eigenvalue weighted by molar-refractivity contribution is -0.0336. The predicted molar refractivity (Wildman–Crippen MR) is 131 cm³/mol. The molecule has 0 radical (unpaired) electrons. The molecule has 5 rings (SSSR count). The molecule has 2 heterocycles. The summed E-state index contributed by atoms with van der Waals surface area (Å²) in [6.45, 7) is 3.12. The van der Waals surface area contributed by atoms with E-state index >= 15 is 0 Å². The smallest absolute Gasteiger partial charge is 0.256 e. The van der Waals surface area contributed by atoms with Crippen molar-refractivity contribution in [3.05, 3.63) is 53.3 Å². The van der Waals surface area contributed by atoms with E-state index in [0.717, 1.165) is 61.7 Å². The van der Waals surface area contributed by atoms with E-state index in [9.17, 15) is 9.18 Å². The summed E-state index contributed by atoms with van der Waals surface area (Å²) in [6, 6.07) is 11.8. The van der Waals surface area contributed by atoms with Gasteiger partial charge in [0.25, 0.3) is 5.91 Å². The van der Waals surface area contributed by atoms with Crippen LogP contribution >= 0.6 is 0 Å². The number of piperidine rings is 1. The number of ether oxygens (including phenoxy) is 2. The molecule has 2 aromatic rings. The molecule has 2 aromatic carbocycles. The topological polar surface area (TPSA) is 42.0 Å². The highest BCUT2D eigenvalue weighted by atomic mass is 19.1. The highest BCUT2D eigenvalue weighted by Crippen LogP contribution is 2.42. The number of carbonyl (C=O) groups is 1. The standard InChI is InChI=1S/C28H35FN2O3/c1-30(16-17-33-2)27(32)24-8-6-21(19-25(24)29)20-7-9-26-22(18-20)10-11-28(34-26)12-14-31(15-13-28)23-4-3-5-23/h6-9,18-19,23H,3-5,10-17H2,1-2H3. The first kappa shape index (κ1) is 23.3. The van der Waals surface area contributed by atoms with Crippen LogP contribution in [-0.4, -0.2) is 67.7 Å². The number of nitrogens with zero attached hydrogens (tertiary/aromatic N) is 2. The molecule has 2 fully saturated rings. The molecule has 2 aliphatic heterocycles. The third-order valence-corrected chi connectivity index (χ3v) is 8.05. The number of aryl methyl sites for hydroxylation is 1. The van der Waals surface area contributed by atoms with Crippen molar-refractivity contribution in [2.45, 2.75) is 56.6 Å². The second-order valence-corrected chi connectivity index (χ2v) is 10.1. The van der Waals surface area contributed by atoms with Crippen LogP contribution in [0.4, 0.5) is 4.39 Å². The molecular formula is C28H35FN2O3. The summed E-state index contributed by atoms with van der Waals surface area (Å²) in [5.41, 5.74) is 2.95. The Morgan fingerprint density at radius 1 is 1.15 bits per heavy atom. The van der Waals surface area contributed by atoms with Crippen LogP contribution in [0.5, 0.6) is 5.75 Å². The van der Waals surface area contributed by atoms with Gasteiger partial charge in [-0.2, -0.15) is 0 Å². The summed E-state index contributed by atoms with van der Waals surface area (Å²) in [5, 5.41) is 0. The van der Waals surface area contributed by atoms with Gasteiger partial charge in [0.2, 0.25) is 0 Å². The lowest BCUT2D eigenvalue weighted by Crippen LogP contribution is -2.53. The van der Waals surface area contributed by atoms with Crippen molar-refractivity contribution in [3.8, 4) is 16.9 Å². The molecule has 1 saturated carbocycles. The molecule has 5 nitrogen and oxygen atoms in total. The Bertz CT molecular complexity index is 1040. The average molecular weight is 467 g/mol. The van der Waals surface area contributed by atoms with E-state index in [1.54, 1.807) is 20.2 Å². The molecule has 1 aliphatic carbocycles. The van der Waals surface area contributed by atoms with Crippen LogP contribution in [0, 0.1) is 5.82 Å². The molecule has 34 heavy (non-hydrogen) atoms. The van der Waals surface area contributed by atoms with Crippen molar-refractivity contribution in [2.75, 3.05) is 40.4 Å². The number of carbonyl (C=O) groups excluding carboxylic acids is 1. The zero-order valence-electron chi connectivity index (χ0n) is 20.3. The number of benzene rings is 2. The number of fused-ring (bicyclic) bond motifs is 1. The third-order valence-electron chi connectivity index (χ3n) is 8.05. The van der Waals surface area contributed by atoms with Crippen molar-refractivity contribution in [1.82, 2.24) is 9.80 Å². The summed E-state index contributed by atoms with van der Waals surface area (Å²) in [7, 11) is 3.23. The summed E-state index contributed by atoms with van der Waals surface area (Å²) in [4.78, 5) is 16.7. The van der Waals surface area contributed by atoms with Gasteiger partial charge in [-0.05, 0) is 79.5 Å². The number of hydrogen-bond acceptors (Lipinski definition) is 4. The van der Waals surface area contributed by atoms with Gasteiger partial charge in [-0.15, -0.1) is 0 Å². The highest BCUT2D eigenvalue weighted by Gasteiger charge is 2.41. The summed E-state index contributed by atoms with van der Waals surface area (Å²) < 4.78 is 26.5.